The SMILES string of the molecule is CCCCCCCCC(CCSO)C(OCC)(OCC)OCC. The summed E-state index contributed by atoms with van der Waals surface area (Å²) in [4.78, 5) is 0. The van der Waals surface area contributed by atoms with E-state index in [0.717, 1.165) is 31.3 Å². The Morgan fingerprint density at radius 3 is 1.78 bits per heavy atom. The van der Waals surface area contributed by atoms with Crippen molar-refractivity contribution in [2.24, 2.45) is 5.92 Å². The van der Waals surface area contributed by atoms with Crippen LogP contribution in [0.25, 0.3) is 0 Å². The molecule has 0 rings (SSSR count). The molecule has 0 aromatic heterocycles. The van der Waals surface area contributed by atoms with Crippen LogP contribution in [0.5, 0.6) is 0 Å². The number of hydrogen-bond donors (Lipinski definition) is 1. The Bertz CT molecular complexity index is 234. The molecular formula is C18H38O4S. The van der Waals surface area contributed by atoms with Gasteiger partial charge in [-0.3, -0.25) is 0 Å². The summed E-state index contributed by atoms with van der Waals surface area (Å²) in [6, 6.07) is 0. The maximum atomic E-state index is 9.13. The van der Waals surface area contributed by atoms with Crippen molar-refractivity contribution in [1.82, 2.24) is 0 Å². The highest BCUT2D eigenvalue weighted by atomic mass is 32.2. The molecule has 0 bridgehead atoms. The van der Waals surface area contributed by atoms with Gasteiger partial charge in [0, 0.05) is 31.5 Å². The summed E-state index contributed by atoms with van der Waals surface area (Å²) in [5.74, 6) is -0.138. The van der Waals surface area contributed by atoms with Crippen LogP contribution in [0, 0.1) is 5.92 Å². The first kappa shape index (κ1) is 23.2. The van der Waals surface area contributed by atoms with Crippen LogP contribution in [0.2, 0.25) is 0 Å². The minimum absolute atomic E-state index is 0.146. The first-order valence-corrected chi connectivity index (χ1v) is 10.3. The smallest absolute Gasteiger partial charge is 0.285 e. The molecule has 1 N–H and O–H groups in total. The second kappa shape index (κ2) is 15.7. The van der Waals surface area contributed by atoms with Crippen LogP contribution in [0.4, 0.5) is 0 Å². The molecular weight excluding hydrogens is 312 g/mol. The van der Waals surface area contributed by atoms with Gasteiger partial charge < -0.3 is 18.8 Å². The minimum Gasteiger partial charge on any atom is -0.330 e. The summed E-state index contributed by atoms with van der Waals surface area (Å²) < 4.78 is 26.9. The molecule has 0 aromatic carbocycles. The second-order valence-electron chi connectivity index (χ2n) is 5.78. The molecule has 0 amide bonds. The highest BCUT2D eigenvalue weighted by molar-refractivity contribution is 7.93. The molecule has 5 heteroatoms. The highest BCUT2D eigenvalue weighted by Gasteiger charge is 2.41. The molecule has 1 atom stereocenters. The molecule has 0 aliphatic heterocycles. The molecule has 0 aromatic rings. The van der Waals surface area contributed by atoms with Gasteiger partial charge in [0.2, 0.25) is 0 Å². The summed E-state index contributed by atoms with van der Waals surface area (Å²) in [6.07, 6.45) is 9.44. The zero-order chi connectivity index (χ0) is 17.4. The lowest BCUT2D eigenvalue weighted by atomic mass is 9.95. The van der Waals surface area contributed by atoms with E-state index in [9.17, 15) is 0 Å². The van der Waals surface area contributed by atoms with E-state index in [2.05, 4.69) is 6.92 Å². The molecule has 0 saturated heterocycles. The molecule has 0 radical (unpaired) electrons. The molecule has 0 spiro atoms. The van der Waals surface area contributed by atoms with Crippen LogP contribution >= 0.6 is 12.0 Å². The number of unbranched alkanes of at least 4 members (excludes halogenated alkanes) is 5. The number of hydrogen-bond acceptors (Lipinski definition) is 5. The predicted octanol–water partition coefficient (Wildman–Crippen LogP) is 5.71. The van der Waals surface area contributed by atoms with E-state index in [-0.39, 0.29) is 5.92 Å². The molecule has 140 valence electrons. The maximum Gasteiger partial charge on any atom is 0.285 e. The third-order valence-electron chi connectivity index (χ3n) is 4.00. The lowest BCUT2D eigenvalue weighted by Gasteiger charge is -2.39. The van der Waals surface area contributed by atoms with Gasteiger partial charge in [0.15, 0.2) is 0 Å². The average Bonchev–Trinajstić information content (AvgIpc) is 2.54. The Morgan fingerprint density at radius 2 is 1.30 bits per heavy atom. The normalized spacial score (nSPS) is 13.4. The Balaban J connectivity index is 4.68. The van der Waals surface area contributed by atoms with E-state index in [4.69, 9.17) is 18.8 Å². The molecule has 0 saturated carbocycles. The fraction of sp³-hybridized carbons (Fsp3) is 1.00. The van der Waals surface area contributed by atoms with Crippen molar-refractivity contribution in [2.45, 2.75) is 85.0 Å². The van der Waals surface area contributed by atoms with E-state index in [1.807, 2.05) is 20.8 Å². The van der Waals surface area contributed by atoms with Crippen LogP contribution in [-0.2, 0) is 14.2 Å². The zero-order valence-corrected chi connectivity index (χ0v) is 16.5. The number of rotatable bonds is 17. The van der Waals surface area contributed by atoms with E-state index in [0.29, 0.717) is 25.6 Å². The van der Waals surface area contributed by atoms with Crippen molar-refractivity contribution in [2.75, 3.05) is 25.6 Å². The Kier molecular flexibility index (Phi) is 15.8. The first-order chi connectivity index (χ1) is 11.2. The van der Waals surface area contributed by atoms with Gasteiger partial charge in [-0.15, -0.1) is 0 Å². The topological polar surface area (TPSA) is 47.9 Å². The number of ether oxygens (including phenoxy) is 3. The third kappa shape index (κ3) is 9.92. The van der Waals surface area contributed by atoms with Crippen molar-refractivity contribution in [3.8, 4) is 0 Å². The van der Waals surface area contributed by atoms with Gasteiger partial charge in [0.25, 0.3) is 5.97 Å². The van der Waals surface area contributed by atoms with Crippen molar-refractivity contribution in [1.29, 1.82) is 0 Å². The van der Waals surface area contributed by atoms with Crippen molar-refractivity contribution >= 4 is 12.0 Å². The van der Waals surface area contributed by atoms with Gasteiger partial charge in [-0.1, -0.05) is 45.4 Å². The van der Waals surface area contributed by atoms with Crippen LogP contribution in [0.3, 0.4) is 0 Å². The summed E-state index contributed by atoms with van der Waals surface area (Å²) in [5, 5.41) is 0. The Morgan fingerprint density at radius 1 is 0.783 bits per heavy atom. The Labute approximate surface area is 147 Å². The fourth-order valence-electron chi connectivity index (χ4n) is 2.95. The van der Waals surface area contributed by atoms with E-state index in [1.165, 1.54) is 32.1 Å². The quantitative estimate of drug-likeness (QED) is 0.207. The van der Waals surface area contributed by atoms with Crippen LogP contribution < -0.4 is 0 Å². The molecule has 0 aliphatic carbocycles. The van der Waals surface area contributed by atoms with Crippen molar-refractivity contribution in [3.63, 3.8) is 0 Å². The molecule has 0 aliphatic rings. The fourth-order valence-corrected chi connectivity index (χ4v) is 3.34. The van der Waals surface area contributed by atoms with Crippen LogP contribution in [0.1, 0.15) is 79.1 Å². The molecule has 4 nitrogen and oxygen atoms in total. The monoisotopic (exact) mass is 350 g/mol. The van der Waals surface area contributed by atoms with Gasteiger partial charge in [-0.05, 0) is 45.7 Å². The molecule has 23 heavy (non-hydrogen) atoms. The summed E-state index contributed by atoms with van der Waals surface area (Å²) in [5.41, 5.74) is 0. The maximum absolute atomic E-state index is 9.13. The summed E-state index contributed by atoms with van der Waals surface area (Å²) in [7, 11) is 0. The van der Waals surface area contributed by atoms with Gasteiger partial charge in [0.05, 0.1) is 0 Å². The van der Waals surface area contributed by atoms with Crippen molar-refractivity contribution in [3.05, 3.63) is 0 Å². The Hall–Kier alpha value is 0.190. The lowest BCUT2D eigenvalue weighted by Crippen LogP contribution is -2.47. The summed E-state index contributed by atoms with van der Waals surface area (Å²) >= 11 is 0.884. The second-order valence-corrected chi connectivity index (χ2v) is 6.44. The lowest BCUT2D eigenvalue weighted by molar-refractivity contribution is -0.402. The minimum atomic E-state index is -0.961. The van der Waals surface area contributed by atoms with Crippen LogP contribution in [0.15, 0.2) is 0 Å². The van der Waals surface area contributed by atoms with Gasteiger partial charge >= 0.3 is 0 Å². The third-order valence-corrected chi connectivity index (χ3v) is 4.42. The molecule has 1 unspecified atom stereocenters. The van der Waals surface area contributed by atoms with Gasteiger partial charge in [-0.2, -0.15) is 0 Å². The van der Waals surface area contributed by atoms with E-state index in [1.54, 1.807) is 0 Å². The predicted molar refractivity (Wildman–Crippen MR) is 98.8 cm³/mol. The zero-order valence-electron chi connectivity index (χ0n) is 15.6. The highest BCUT2D eigenvalue weighted by Crippen LogP contribution is 2.33. The van der Waals surface area contributed by atoms with Gasteiger partial charge in [0.1, 0.15) is 0 Å². The molecule has 0 fully saturated rings. The standard InChI is InChI=1S/C18H38O4S/c1-5-9-10-11-12-13-14-17(15-16-23-19)18(20-6-2,21-7-3)22-8-4/h17,19H,5-16H2,1-4H3. The van der Waals surface area contributed by atoms with E-state index < -0.39 is 5.97 Å². The first-order valence-electron chi connectivity index (χ1n) is 9.38. The van der Waals surface area contributed by atoms with Crippen LogP contribution in [-0.4, -0.2) is 36.1 Å². The largest absolute Gasteiger partial charge is 0.330 e. The molecule has 0 heterocycles. The van der Waals surface area contributed by atoms with Crippen molar-refractivity contribution < 1.29 is 18.8 Å². The average molecular weight is 351 g/mol. The van der Waals surface area contributed by atoms with Gasteiger partial charge in [-0.25, -0.2) is 0 Å². The van der Waals surface area contributed by atoms with E-state index >= 15 is 0 Å². The summed E-state index contributed by atoms with van der Waals surface area (Å²) in [6.45, 7) is 9.81.